The predicted octanol–water partition coefficient (Wildman–Crippen LogP) is 3.58. The van der Waals surface area contributed by atoms with Gasteiger partial charge in [0.15, 0.2) is 0 Å². The Balaban J connectivity index is 1.66. The van der Waals surface area contributed by atoms with Gasteiger partial charge in [-0.2, -0.15) is 4.31 Å². The van der Waals surface area contributed by atoms with E-state index in [-0.39, 0.29) is 54.1 Å². The van der Waals surface area contributed by atoms with Gasteiger partial charge >= 0.3 is 6.03 Å². The number of nitrogens with one attached hydrogen (secondary N) is 1. The van der Waals surface area contributed by atoms with Crippen molar-refractivity contribution >= 4 is 16.1 Å². The number of urea groups is 1. The average molecular weight is 558 g/mol. The van der Waals surface area contributed by atoms with Crippen LogP contribution >= 0.6 is 0 Å². The van der Waals surface area contributed by atoms with E-state index in [1.807, 2.05) is 6.92 Å². The van der Waals surface area contributed by atoms with E-state index in [1.165, 1.54) is 22.5 Å². The van der Waals surface area contributed by atoms with Crippen LogP contribution in [0.4, 0.5) is 9.18 Å². The van der Waals surface area contributed by atoms with E-state index in [0.29, 0.717) is 11.1 Å². The number of aliphatic hydroxyl groups is 1. The Hall–Kier alpha value is -3.13. The number of ether oxygens (including phenoxy) is 1. The van der Waals surface area contributed by atoms with Crippen LogP contribution in [0.3, 0.4) is 0 Å². The third-order valence-electron chi connectivity index (χ3n) is 7.35. The summed E-state index contributed by atoms with van der Waals surface area (Å²) >= 11 is 0. The highest BCUT2D eigenvalue weighted by molar-refractivity contribution is 7.89. The molecule has 1 heterocycles. The second kappa shape index (κ2) is 12.4. The SMILES string of the molecule is C[C@H](CO)N1C[C@H](C)[C@H](CN(C)C(=O)NC2CCCC2)Oc2cc(C#Cc3ccc(F)cc3)ccc2S1(=O)=O. The number of likely N-dealkylation sites (N-methyl/N-ethyl adjacent to an activating group) is 1. The number of benzene rings is 2. The van der Waals surface area contributed by atoms with Gasteiger partial charge in [-0.15, -0.1) is 0 Å². The zero-order chi connectivity index (χ0) is 28.2. The van der Waals surface area contributed by atoms with E-state index in [9.17, 15) is 22.7 Å². The van der Waals surface area contributed by atoms with Gasteiger partial charge in [-0.3, -0.25) is 0 Å². The van der Waals surface area contributed by atoms with Gasteiger partial charge in [-0.1, -0.05) is 31.6 Å². The first-order valence-electron chi connectivity index (χ1n) is 13.3. The van der Waals surface area contributed by atoms with Crippen molar-refractivity contribution in [1.82, 2.24) is 14.5 Å². The number of carbonyl (C=O) groups is 1. The summed E-state index contributed by atoms with van der Waals surface area (Å²) in [6.07, 6.45) is 3.63. The van der Waals surface area contributed by atoms with Crippen LogP contribution in [0.1, 0.15) is 50.7 Å². The summed E-state index contributed by atoms with van der Waals surface area (Å²) in [7, 11) is -2.29. The number of amides is 2. The molecule has 2 amide bonds. The van der Waals surface area contributed by atoms with Gasteiger partial charge in [0.1, 0.15) is 22.6 Å². The molecule has 210 valence electrons. The van der Waals surface area contributed by atoms with E-state index >= 15 is 0 Å². The highest BCUT2D eigenvalue weighted by Crippen LogP contribution is 2.34. The fourth-order valence-corrected chi connectivity index (χ4v) is 6.73. The quantitative estimate of drug-likeness (QED) is 0.548. The lowest BCUT2D eigenvalue weighted by Crippen LogP contribution is -2.51. The monoisotopic (exact) mass is 557 g/mol. The van der Waals surface area contributed by atoms with Crippen molar-refractivity contribution in [2.45, 2.75) is 62.6 Å². The molecule has 0 saturated heterocycles. The van der Waals surface area contributed by atoms with Gasteiger partial charge in [0, 0.05) is 42.7 Å². The van der Waals surface area contributed by atoms with Crippen molar-refractivity contribution in [3.05, 3.63) is 59.4 Å². The fraction of sp³-hybridized carbons (Fsp3) is 0.483. The second-order valence-electron chi connectivity index (χ2n) is 10.5. The lowest BCUT2D eigenvalue weighted by molar-refractivity contribution is 0.0808. The summed E-state index contributed by atoms with van der Waals surface area (Å²) in [5, 5.41) is 12.9. The van der Waals surface area contributed by atoms with Crippen LogP contribution in [-0.4, -0.2) is 73.7 Å². The van der Waals surface area contributed by atoms with E-state index in [2.05, 4.69) is 17.2 Å². The van der Waals surface area contributed by atoms with Gasteiger partial charge in [-0.25, -0.2) is 17.6 Å². The largest absolute Gasteiger partial charge is 0.487 e. The Morgan fingerprint density at radius 3 is 2.49 bits per heavy atom. The number of rotatable bonds is 5. The molecule has 39 heavy (non-hydrogen) atoms. The molecule has 0 bridgehead atoms. The second-order valence-corrected chi connectivity index (χ2v) is 12.3. The summed E-state index contributed by atoms with van der Waals surface area (Å²) in [5.41, 5.74) is 1.13. The zero-order valence-corrected chi connectivity index (χ0v) is 23.4. The summed E-state index contributed by atoms with van der Waals surface area (Å²) in [4.78, 5) is 14.4. The van der Waals surface area contributed by atoms with E-state index < -0.39 is 22.2 Å². The van der Waals surface area contributed by atoms with Gasteiger partial charge in [0.05, 0.1) is 13.2 Å². The molecule has 1 saturated carbocycles. The van der Waals surface area contributed by atoms with Crippen molar-refractivity contribution in [1.29, 1.82) is 0 Å². The number of hydrogen-bond acceptors (Lipinski definition) is 5. The molecule has 0 aromatic heterocycles. The summed E-state index contributed by atoms with van der Waals surface area (Å²) in [5.74, 6) is 5.43. The fourth-order valence-electron chi connectivity index (χ4n) is 4.91. The average Bonchev–Trinajstić information content (AvgIpc) is 3.42. The van der Waals surface area contributed by atoms with Gasteiger partial charge in [0.25, 0.3) is 0 Å². The summed E-state index contributed by atoms with van der Waals surface area (Å²) < 4.78 is 48.2. The standard InChI is InChI=1S/C29H36FN3O5S/c1-20-17-33(21(2)19-34)39(36,37)28-15-12-23(9-8-22-10-13-24(30)14-11-22)16-26(28)38-27(20)18-32(3)29(35)31-25-6-4-5-7-25/h10-16,20-21,25,27,34H,4-7,17-19H2,1-3H3,(H,31,35)/t20-,21+,27-/m0/s1. The number of halogens is 1. The normalized spacial score (nSPS) is 21.9. The molecular formula is C29H36FN3O5S. The Kier molecular flexibility index (Phi) is 9.15. The van der Waals surface area contributed by atoms with Gasteiger partial charge in [-0.05, 0) is 62.2 Å². The molecule has 3 atom stereocenters. The molecule has 0 spiro atoms. The van der Waals surface area contributed by atoms with E-state index in [1.54, 1.807) is 43.1 Å². The Labute approximate surface area is 230 Å². The molecule has 1 fully saturated rings. The Morgan fingerprint density at radius 2 is 1.82 bits per heavy atom. The van der Waals surface area contributed by atoms with Crippen LogP contribution in [0, 0.1) is 23.6 Å². The first-order valence-corrected chi connectivity index (χ1v) is 14.7. The molecule has 2 N–H and O–H groups in total. The summed E-state index contributed by atoms with van der Waals surface area (Å²) in [6, 6.07) is 9.74. The molecule has 1 aliphatic heterocycles. The minimum atomic E-state index is -3.99. The lowest BCUT2D eigenvalue weighted by atomic mass is 10.0. The van der Waals surface area contributed by atoms with Crippen LogP contribution in [0.15, 0.2) is 47.4 Å². The molecule has 2 aliphatic rings. The molecule has 0 radical (unpaired) electrons. The smallest absolute Gasteiger partial charge is 0.317 e. The van der Waals surface area contributed by atoms with Crippen LogP contribution in [-0.2, 0) is 10.0 Å². The number of sulfonamides is 1. The van der Waals surface area contributed by atoms with Crippen molar-refractivity contribution in [3.8, 4) is 17.6 Å². The lowest BCUT2D eigenvalue weighted by Gasteiger charge is -2.37. The number of fused-ring (bicyclic) bond motifs is 1. The molecule has 2 aromatic rings. The third-order valence-corrected chi connectivity index (χ3v) is 9.37. The van der Waals surface area contributed by atoms with Gasteiger partial charge < -0.3 is 20.1 Å². The topological polar surface area (TPSA) is 99.2 Å². The van der Waals surface area contributed by atoms with E-state index in [4.69, 9.17) is 4.74 Å². The minimum absolute atomic E-state index is 0.0231. The minimum Gasteiger partial charge on any atom is -0.487 e. The maximum Gasteiger partial charge on any atom is 0.317 e. The first kappa shape index (κ1) is 28.9. The van der Waals surface area contributed by atoms with Crippen LogP contribution in [0.5, 0.6) is 5.75 Å². The van der Waals surface area contributed by atoms with Crippen LogP contribution in [0.25, 0.3) is 0 Å². The molecule has 0 unspecified atom stereocenters. The molecule has 4 rings (SSSR count). The molecule has 1 aliphatic carbocycles. The number of hydrogen-bond donors (Lipinski definition) is 2. The number of nitrogens with zero attached hydrogens (tertiary/aromatic N) is 2. The predicted molar refractivity (Wildman–Crippen MR) is 146 cm³/mol. The van der Waals surface area contributed by atoms with E-state index in [0.717, 1.165) is 25.7 Å². The van der Waals surface area contributed by atoms with Crippen LogP contribution < -0.4 is 10.1 Å². The zero-order valence-electron chi connectivity index (χ0n) is 22.6. The number of aliphatic hydroxyl groups excluding tert-OH is 1. The van der Waals surface area contributed by atoms with Crippen LogP contribution in [0.2, 0.25) is 0 Å². The highest BCUT2D eigenvalue weighted by atomic mass is 32.2. The van der Waals surface area contributed by atoms with Gasteiger partial charge in [0.2, 0.25) is 10.0 Å². The molecular weight excluding hydrogens is 521 g/mol. The third kappa shape index (κ3) is 6.90. The Morgan fingerprint density at radius 1 is 1.18 bits per heavy atom. The van der Waals surface area contributed by atoms with Crippen molar-refractivity contribution in [2.24, 2.45) is 5.92 Å². The van der Waals surface area contributed by atoms with Crippen molar-refractivity contribution < 1.29 is 27.4 Å². The highest BCUT2D eigenvalue weighted by Gasteiger charge is 2.38. The number of carbonyl (C=O) groups excluding carboxylic acids is 1. The molecule has 8 nitrogen and oxygen atoms in total. The maximum atomic E-state index is 13.7. The van der Waals surface area contributed by atoms with Crippen molar-refractivity contribution in [3.63, 3.8) is 0 Å². The summed E-state index contributed by atoms with van der Waals surface area (Å²) in [6.45, 7) is 3.57. The van der Waals surface area contributed by atoms with Crippen molar-refractivity contribution in [2.75, 3.05) is 26.7 Å². The Bertz CT molecular complexity index is 1330. The first-order chi connectivity index (χ1) is 18.6. The molecule has 2 aromatic carbocycles. The maximum absolute atomic E-state index is 13.7. The molecule has 10 heteroatoms.